The van der Waals surface area contributed by atoms with Gasteiger partial charge in [-0.2, -0.15) is 0 Å². The van der Waals surface area contributed by atoms with Crippen molar-refractivity contribution in [1.29, 1.82) is 0 Å². The van der Waals surface area contributed by atoms with E-state index in [2.05, 4.69) is 10.1 Å². The molecule has 0 aliphatic rings. The molecule has 9 nitrogen and oxygen atoms in total. The van der Waals surface area contributed by atoms with Gasteiger partial charge in [0.2, 0.25) is 0 Å². The maximum absolute atomic E-state index is 11.9. The number of carbonyl (C=O) groups excluding carboxylic acids is 3. The Morgan fingerprint density at radius 1 is 1.21 bits per heavy atom. The van der Waals surface area contributed by atoms with E-state index < -0.39 is 11.0 Å². The van der Waals surface area contributed by atoms with Gasteiger partial charge in [0.05, 0.1) is 18.0 Å². The lowest BCUT2D eigenvalue weighted by Crippen LogP contribution is -2.32. The van der Waals surface area contributed by atoms with Crippen LogP contribution in [0.3, 0.4) is 0 Å². The maximum Gasteiger partial charge on any atom is 0.407 e. The van der Waals surface area contributed by atoms with E-state index in [-0.39, 0.29) is 41.1 Å². The number of carbonyl (C=O) groups is 3. The summed E-state index contributed by atoms with van der Waals surface area (Å²) in [5, 5.41) is 12.9. The molecule has 1 N–H and O–H groups in total. The second-order valence-electron chi connectivity index (χ2n) is 6.11. The molecule has 0 heterocycles. The Kier molecular flexibility index (Phi) is 10.0. The van der Waals surface area contributed by atoms with Gasteiger partial charge >= 0.3 is 12.1 Å². The lowest BCUT2D eigenvalue weighted by atomic mass is 10.0. The monoisotopic (exact) mass is 412 g/mol. The number of nitrogens with zero attached hydrogens (tertiary/aromatic N) is 1. The van der Waals surface area contributed by atoms with Crippen molar-refractivity contribution in [2.75, 3.05) is 13.7 Å². The first-order chi connectivity index (χ1) is 13.2. The van der Waals surface area contributed by atoms with Crippen LogP contribution in [0, 0.1) is 16.0 Å². The number of amides is 1. The van der Waals surface area contributed by atoms with E-state index >= 15 is 0 Å². The minimum Gasteiger partial charge on any atom is -0.469 e. The maximum atomic E-state index is 11.9. The average molecular weight is 412 g/mol. The number of benzene rings is 1. The highest BCUT2D eigenvalue weighted by Gasteiger charge is 2.19. The summed E-state index contributed by atoms with van der Waals surface area (Å²) in [6.45, 7) is 3.35. The zero-order valence-corrected chi connectivity index (χ0v) is 16.8. The van der Waals surface area contributed by atoms with Gasteiger partial charge in [0.25, 0.3) is 5.69 Å². The third-order valence-corrected chi connectivity index (χ3v) is 4.92. The summed E-state index contributed by atoms with van der Waals surface area (Å²) >= 11 is 1.10. The second kappa shape index (κ2) is 12.0. The van der Waals surface area contributed by atoms with Crippen LogP contribution < -0.4 is 5.32 Å². The molecule has 0 aliphatic heterocycles. The van der Waals surface area contributed by atoms with E-state index in [0.717, 1.165) is 11.8 Å². The number of nitro groups is 1. The zero-order chi connectivity index (χ0) is 21.1. The van der Waals surface area contributed by atoms with Crippen molar-refractivity contribution >= 4 is 34.6 Å². The van der Waals surface area contributed by atoms with Crippen LogP contribution in [0.1, 0.15) is 32.3 Å². The van der Waals surface area contributed by atoms with Gasteiger partial charge in [-0.05, 0) is 30.5 Å². The van der Waals surface area contributed by atoms with Gasteiger partial charge in [0, 0.05) is 30.9 Å². The summed E-state index contributed by atoms with van der Waals surface area (Å²) < 4.78 is 9.76. The molecule has 0 radical (unpaired) electrons. The summed E-state index contributed by atoms with van der Waals surface area (Å²) in [4.78, 5) is 44.8. The fraction of sp³-hybridized carbons (Fsp3) is 0.500. The number of thioether (sulfide) groups is 1. The lowest BCUT2D eigenvalue weighted by molar-refractivity contribution is -0.384. The van der Waals surface area contributed by atoms with E-state index in [1.165, 1.54) is 38.3 Å². The predicted molar refractivity (Wildman–Crippen MR) is 104 cm³/mol. The topological polar surface area (TPSA) is 125 Å². The number of alkyl carbamates (subject to hydrolysis) is 1. The highest BCUT2D eigenvalue weighted by atomic mass is 32.2. The van der Waals surface area contributed by atoms with Crippen molar-refractivity contribution in [2.24, 2.45) is 5.92 Å². The van der Waals surface area contributed by atoms with Crippen LogP contribution in [0.4, 0.5) is 10.5 Å². The molecule has 1 amide bonds. The van der Waals surface area contributed by atoms with Crippen LogP contribution in [0.15, 0.2) is 24.3 Å². The predicted octanol–water partition coefficient (Wildman–Crippen LogP) is 3.06. The third kappa shape index (κ3) is 8.85. The van der Waals surface area contributed by atoms with E-state index in [0.29, 0.717) is 18.4 Å². The Balaban J connectivity index is 2.45. The molecule has 0 bridgehead atoms. The van der Waals surface area contributed by atoms with Gasteiger partial charge < -0.3 is 14.8 Å². The summed E-state index contributed by atoms with van der Waals surface area (Å²) in [6, 6.07) is 5.68. The van der Waals surface area contributed by atoms with E-state index in [1.54, 1.807) is 6.92 Å². The van der Waals surface area contributed by atoms with Gasteiger partial charge in [0.1, 0.15) is 6.61 Å². The number of non-ortho nitro benzene ring substituents is 1. The fourth-order valence-corrected chi connectivity index (χ4v) is 3.19. The molecule has 2 unspecified atom stereocenters. The number of rotatable bonds is 10. The van der Waals surface area contributed by atoms with Crippen molar-refractivity contribution in [3.8, 4) is 0 Å². The Hall–Kier alpha value is -2.62. The molecule has 0 fully saturated rings. The number of nitro benzene ring substituents is 1. The zero-order valence-electron chi connectivity index (χ0n) is 16.0. The molecule has 0 saturated carbocycles. The van der Waals surface area contributed by atoms with Crippen molar-refractivity contribution in [2.45, 2.75) is 38.5 Å². The number of nitrogens with one attached hydrogen (secondary N) is 1. The van der Waals surface area contributed by atoms with Crippen LogP contribution in [0.5, 0.6) is 0 Å². The Labute approximate surface area is 167 Å². The Bertz CT molecular complexity index is 694. The number of methoxy groups -OCH3 is 1. The highest BCUT2D eigenvalue weighted by molar-refractivity contribution is 8.14. The van der Waals surface area contributed by atoms with Crippen LogP contribution in [0.2, 0.25) is 0 Å². The van der Waals surface area contributed by atoms with Gasteiger partial charge in [-0.1, -0.05) is 18.7 Å². The van der Waals surface area contributed by atoms with Crippen molar-refractivity contribution in [3.05, 3.63) is 39.9 Å². The van der Waals surface area contributed by atoms with Crippen molar-refractivity contribution in [3.63, 3.8) is 0 Å². The molecule has 2 atom stereocenters. The SMILES string of the molecule is COC(=O)C(C)CCC(CNC(=O)OCc1ccc([N+](=O)[O-])cc1)SC(C)=O. The largest absolute Gasteiger partial charge is 0.469 e. The third-order valence-electron chi connectivity index (χ3n) is 3.85. The van der Waals surface area contributed by atoms with Crippen molar-refractivity contribution < 1.29 is 28.8 Å². The molecule has 1 aromatic carbocycles. The number of hydrogen-bond acceptors (Lipinski definition) is 8. The summed E-state index contributed by atoms with van der Waals surface area (Å²) in [5.41, 5.74) is 0.570. The number of hydrogen-bond donors (Lipinski definition) is 1. The fourth-order valence-electron chi connectivity index (χ4n) is 2.30. The number of ether oxygens (including phenoxy) is 2. The lowest BCUT2D eigenvalue weighted by Gasteiger charge is -2.17. The minimum absolute atomic E-state index is 0.0340. The normalized spacial score (nSPS) is 12.5. The molecule has 1 rings (SSSR count). The van der Waals surface area contributed by atoms with Crippen LogP contribution in [0.25, 0.3) is 0 Å². The Morgan fingerprint density at radius 3 is 2.39 bits per heavy atom. The van der Waals surface area contributed by atoms with Crippen molar-refractivity contribution in [1.82, 2.24) is 5.32 Å². The van der Waals surface area contributed by atoms with Gasteiger partial charge in [0.15, 0.2) is 5.12 Å². The summed E-state index contributed by atoms with van der Waals surface area (Å²) in [5.74, 6) is -0.615. The van der Waals surface area contributed by atoms with E-state index in [9.17, 15) is 24.5 Å². The molecular weight excluding hydrogens is 388 g/mol. The molecule has 28 heavy (non-hydrogen) atoms. The minimum atomic E-state index is -0.659. The van der Waals surface area contributed by atoms with E-state index in [4.69, 9.17) is 4.74 Å². The molecule has 10 heteroatoms. The quantitative estimate of drug-likeness (QED) is 0.353. The molecule has 0 spiro atoms. The summed E-state index contributed by atoms with van der Waals surface area (Å²) in [7, 11) is 1.32. The van der Waals surface area contributed by atoms with Crippen LogP contribution in [-0.2, 0) is 25.7 Å². The molecule has 0 saturated heterocycles. The Morgan fingerprint density at radius 2 is 1.86 bits per heavy atom. The first-order valence-electron chi connectivity index (χ1n) is 8.62. The smallest absolute Gasteiger partial charge is 0.407 e. The van der Waals surface area contributed by atoms with Crippen LogP contribution in [-0.4, -0.2) is 41.0 Å². The van der Waals surface area contributed by atoms with Gasteiger partial charge in [-0.25, -0.2) is 4.79 Å². The number of esters is 1. The van der Waals surface area contributed by atoms with Gasteiger partial charge in [-0.3, -0.25) is 19.7 Å². The first-order valence-corrected chi connectivity index (χ1v) is 9.50. The van der Waals surface area contributed by atoms with E-state index in [1.807, 2.05) is 0 Å². The first kappa shape index (κ1) is 23.4. The standard InChI is InChI=1S/C18H24N2O7S/c1-12(17(22)26-3)4-9-16(28-13(2)21)10-19-18(23)27-11-14-5-7-15(8-6-14)20(24)25/h5-8,12,16H,4,9-11H2,1-3H3,(H,19,23). The summed E-state index contributed by atoms with van der Waals surface area (Å²) in [6.07, 6.45) is 0.411. The molecule has 0 aliphatic carbocycles. The highest BCUT2D eigenvalue weighted by Crippen LogP contribution is 2.20. The van der Waals surface area contributed by atoms with Gasteiger partial charge in [-0.15, -0.1) is 0 Å². The average Bonchev–Trinajstić information content (AvgIpc) is 2.67. The molecule has 0 aromatic heterocycles. The molecule has 154 valence electrons. The molecule has 1 aromatic rings. The van der Waals surface area contributed by atoms with Crippen LogP contribution >= 0.6 is 11.8 Å². The molecular formula is C18H24N2O7S. The second-order valence-corrected chi connectivity index (χ2v) is 7.59.